The summed E-state index contributed by atoms with van der Waals surface area (Å²) in [4.78, 5) is 4.08. The molecule has 2 rings (SSSR count). The lowest BCUT2D eigenvalue weighted by molar-refractivity contribution is 1.23. The van der Waals surface area contributed by atoms with Gasteiger partial charge in [0.15, 0.2) is 0 Å². The van der Waals surface area contributed by atoms with Crippen LogP contribution in [0.3, 0.4) is 0 Å². The summed E-state index contributed by atoms with van der Waals surface area (Å²) in [6.45, 7) is 0. The van der Waals surface area contributed by atoms with Crippen molar-refractivity contribution in [2.24, 2.45) is 5.10 Å². The first-order chi connectivity index (χ1) is 7.84. The first-order valence-electron chi connectivity index (χ1n) is 4.80. The molecule has 2 aromatic rings. The highest BCUT2D eigenvalue weighted by molar-refractivity contribution is 6.30. The molecule has 0 bridgehead atoms. The Labute approximate surface area is 98.8 Å². The smallest absolute Gasteiger partial charge is 0.146 e. The molecule has 0 aliphatic heterocycles. The van der Waals surface area contributed by atoms with E-state index in [1.165, 1.54) is 0 Å². The zero-order valence-electron chi connectivity index (χ0n) is 8.47. The van der Waals surface area contributed by atoms with E-state index in [9.17, 15) is 0 Å². The maximum atomic E-state index is 5.77. The Bertz CT molecular complexity index is 465. The second-order valence-electron chi connectivity index (χ2n) is 3.14. The van der Waals surface area contributed by atoms with E-state index in [1.807, 2.05) is 42.5 Å². The molecule has 0 spiro atoms. The average molecular weight is 232 g/mol. The average Bonchev–Trinajstić information content (AvgIpc) is 2.33. The number of rotatable bonds is 3. The SMILES string of the molecule is Clc1ccc(C=NNc2ccccn2)cc1. The highest BCUT2D eigenvalue weighted by atomic mass is 35.5. The fourth-order valence-corrected chi connectivity index (χ4v) is 1.28. The van der Waals surface area contributed by atoms with Crippen molar-refractivity contribution >= 4 is 23.6 Å². The molecule has 16 heavy (non-hydrogen) atoms. The van der Waals surface area contributed by atoms with Crippen LogP contribution in [0.25, 0.3) is 0 Å². The van der Waals surface area contributed by atoms with Gasteiger partial charge in [-0.15, -0.1) is 0 Å². The number of hydrogen-bond donors (Lipinski definition) is 1. The van der Waals surface area contributed by atoms with Gasteiger partial charge in [0.25, 0.3) is 0 Å². The summed E-state index contributed by atoms with van der Waals surface area (Å²) >= 11 is 5.77. The van der Waals surface area contributed by atoms with Gasteiger partial charge in [0, 0.05) is 11.2 Å². The molecule has 1 heterocycles. The van der Waals surface area contributed by atoms with Crippen LogP contribution in [0.1, 0.15) is 5.56 Å². The molecular weight excluding hydrogens is 222 g/mol. The minimum Gasteiger partial charge on any atom is -0.261 e. The Morgan fingerprint density at radius 2 is 1.94 bits per heavy atom. The van der Waals surface area contributed by atoms with Gasteiger partial charge in [-0.25, -0.2) is 4.98 Å². The number of anilines is 1. The first kappa shape index (κ1) is 10.6. The molecule has 1 N–H and O–H groups in total. The molecule has 0 amide bonds. The summed E-state index contributed by atoms with van der Waals surface area (Å²) in [5.74, 6) is 0.715. The summed E-state index contributed by atoms with van der Waals surface area (Å²) in [6.07, 6.45) is 3.42. The predicted molar refractivity (Wildman–Crippen MR) is 66.9 cm³/mol. The standard InChI is InChI=1S/C12H10ClN3/c13-11-6-4-10(5-7-11)9-15-16-12-3-1-2-8-14-12/h1-9H,(H,14,16). The normalized spacial score (nSPS) is 10.6. The van der Waals surface area contributed by atoms with Crippen molar-refractivity contribution in [3.63, 3.8) is 0 Å². The molecule has 1 aromatic heterocycles. The third-order valence-corrected chi connectivity index (χ3v) is 2.18. The summed E-state index contributed by atoms with van der Waals surface area (Å²) in [7, 11) is 0. The van der Waals surface area contributed by atoms with Crippen LogP contribution in [-0.4, -0.2) is 11.2 Å². The second-order valence-corrected chi connectivity index (χ2v) is 3.57. The minimum absolute atomic E-state index is 0.715. The minimum atomic E-state index is 0.715. The van der Waals surface area contributed by atoms with Gasteiger partial charge in [0.1, 0.15) is 5.82 Å². The number of benzene rings is 1. The van der Waals surface area contributed by atoms with Crippen LogP contribution in [0, 0.1) is 0 Å². The molecule has 0 saturated heterocycles. The van der Waals surface area contributed by atoms with Crippen LogP contribution >= 0.6 is 11.6 Å². The van der Waals surface area contributed by atoms with Gasteiger partial charge in [-0.2, -0.15) is 5.10 Å². The van der Waals surface area contributed by atoms with E-state index in [1.54, 1.807) is 12.4 Å². The van der Waals surface area contributed by atoms with Crippen molar-refractivity contribution in [3.05, 3.63) is 59.2 Å². The van der Waals surface area contributed by atoms with Crippen molar-refractivity contribution in [1.82, 2.24) is 4.98 Å². The quantitative estimate of drug-likeness (QED) is 0.651. The Balaban J connectivity index is 1.98. The van der Waals surface area contributed by atoms with Gasteiger partial charge < -0.3 is 0 Å². The van der Waals surface area contributed by atoms with Crippen molar-refractivity contribution in [2.75, 3.05) is 5.43 Å². The van der Waals surface area contributed by atoms with Gasteiger partial charge >= 0.3 is 0 Å². The van der Waals surface area contributed by atoms with E-state index < -0.39 is 0 Å². The van der Waals surface area contributed by atoms with E-state index in [0.717, 1.165) is 10.6 Å². The number of halogens is 1. The van der Waals surface area contributed by atoms with Crippen LogP contribution in [-0.2, 0) is 0 Å². The molecule has 1 aromatic carbocycles. The van der Waals surface area contributed by atoms with Gasteiger partial charge in [-0.3, -0.25) is 5.43 Å². The van der Waals surface area contributed by atoms with Gasteiger partial charge in [0.05, 0.1) is 6.21 Å². The largest absolute Gasteiger partial charge is 0.261 e. The third kappa shape index (κ3) is 3.07. The summed E-state index contributed by atoms with van der Waals surface area (Å²) < 4.78 is 0. The number of aromatic nitrogens is 1. The summed E-state index contributed by atoms with van der Waals surface area (Å²) in [5.41, 5.74) is 3.81. The Kier molecular flexibility index (Phi) is 3.51. The second kappa shape index (κ2) is 5.28. The molecule has 0 radical (unpaired) electrons. The van der Waals surface area contributed by atoms with Gasteiger partial charge in [-0.1, -0.05) is 29.8 Å². The maximum absolute atomic E-state index is 5.77. The monoisotopic (exact) mass is 231 g/mol. The molecule has 0 fully saturated rings. The third-order valence-electron chi connectivity index (χ3n) is 1.93. The molecule has 80 valence electrons. The summed E-state index contributed by atoms with van der Waals surface area (Å²) in [6, 6.07) is 13.0. The fraction of sp³-hybridized carbons (Fsp3) is 0. The molecule has 0 aliphatic rings. The molecule has 0 atom stereocenters. The van der Waals surface area contributed by atoms with Crippen molar-refractivity contribution < 1.29 is 0 Å². The predicted octanol–water partition coefficient (Wildman–Crippen LogP) is 3.18. The highest BCUT2D eigenvalue weighted by Crippen LogP contribution is 2.08. The van der Waals surface area contributed by atoms with E-state index in [2.05, 4.69) is 15.5 Å². The lowest BCUT2D eigenvalue weighted by atomic mass is 10.2. The lowest BCUT2D eigenvalue weighted by Crippen LogP contribution is -1.92. The van der Waals surface area contributed by atoms with E-state index in [4.69, 9.17) is 11.6 Å². The zero-order chi connectivity index (χ0) is 11.2. The molecule has 0 aliphatic carbocycles. The zero-order valence-corrected chi connectivity index (χ0v) is 9.22. The Morgan fingerprint density at radius 1 is 1.12 bits per heavy atom. The van der Waals surface area contributed by atoms with Crippen LogP contribution in [0.4, 0.5) is 5.82 Å². The molecular formula is C12H10ClN3. The van der Waals surface area contributed by atoms with Crippen LogP contribution in [0.5, 0.6) is 0 Å². The Hall–Kier alpha value is -1.87. The number of nitrogens with zero attached hydrogens (tertiary/aromatic N) is 2. The number of hydrogen-bond acceptors (Lipinski definition) is 3. The van der Waals surface area contributed by atoms with E-state index in [0.29, 0.717) is 5.82 Å². The van der Waals surface area contributed by atoms with Crippen LogP contribution < -0.4 is 5.43 Å². The van der Waals surface area contributed by atoms with Crippen LogP contribution in [0.15, 0.2) is 53.8 Å². The van der Waals surface area contributed by atoms with E-state index in [-0.39, 0.29) is 0 Å². The number of hydrazone groups is 1. The van der Waals surface area contributed by atoms with Crippen molar-refractivity contribution in [1.29, 1.82) is 0 Å². The fourth-order valence-electron chi connectivity index (χ4n) is 1.15. The number of nitrogens with one attached hydrogen (secondary N) is 1. The summed E-state index contributed by atoms with van der Waals surface area (Å²) in [5, 5.41) is 4.78. The van der Waals surface area contributed by atoms with E-state index >= 15 is 0 Å². The van der Waals surface area contributed by atoms with Gasteiger partial charge in [-0.05, 0) is 29.8 Å². The van der Waals surface area contributed by atoms with Crippen molar-refractivity contribution in [3.8, 4) is 0 Å². The Morgan fingerprint density at radius 3 is 2.62 bits per heavy atom. The lowest BCUT2D eigenvalue weighted by Gasteiger charge is -1.97. The van der Waals surface area contributed by atoms with Crippen LogP contribution in [0.2, 0.25) is 5.02 Å². The maximum Gasteiger partial charge on any atom is 0.146 e. The first-order valence-corrected chi connectivity index (χ1v) is 5.18. The molecule has 0 saturated carbocycles. The van der Waals surface area contributed by atoms with Gasteiger partial charge in [0.2, 0.25) is 0 Å². The topological polar surface area (TPSA) is 37.3 Å². The molecule has 4 heteroatoms. The molecule has 3 nitrogen and oxygen atoms in total. The highest BCUT2D eigenvalue weighted by Gasteiger charge is 1.89. The number of pyridine rings is 1. The van der Waals surface area contributed by atoms with Crippen molar-refractivity contribution in [2.45, 2.75) is 0 Å². The molecule has 0 unspecified atom stereocenters.